The summed E-state index contributed by atoms with van der Waals surface area (Å²) in [5, 5.41) is 0. The maximum atomic E-state index is 12.9. The average molecular weight is 248 g/mol. The van der Waals surface area contributed by atoms with Gasteiger partial charge in [-0.05, 0) is 28.1 Å². The van der Waals surface area contributed by atoms with Crippen molar-refractivity contribution in [2.75, 3.05) is 6.61 Å². The lowest BCUT2D eigenvalue weighted by Gasteiger charge is -2.05. The van der Waals surface area contributed by atoms with Crippen molar-refractivity contribution in [3.05, 3.63) is 28.5 Å². The van der Waals surface area contributed by atoms with Gasteiger partial charge in [0.25, 0.3) is 5.91 Å². The lowest BCUT2D eigenvalue weighted by Crippen LogP contribution is -2.20. The minimum absolute atomic E-state index is 0.191. The summed E-state index contributed by atoms with van der Waals surface area (Å²) < 4.78 is 18.0. The predicted octanol–water partition coefficient (Wildman–Crippen LogP) is 1.45. The smallest absolute Gasteiger partial charge is 0.255 e. The van der Waals surface area contributed by atoms with Crippen LogP contribution in [-0.4, -0.2) is 12.5 Å². The summed E-state index contributed by atoms with van der Waals surface area (Å²) in [6.07, 6.45) is 0. The van der Waals surface area contributed by atoms with E-state index in [1.165, 1.54) is 18.2 Å². The summed E-state index contributed by atoms with van der Waals surface area (Å²) in [4.78, 5) is 10.4. The quantitative estimate of drug-likeness (QED) is 0.880. The first-order valence-corrected chi connectivity index (χ1v) is 4.25. The Bertz CT molecular complexity index is 330. The van der Waals surface area contributed by atoms with Gasteiger partial charge in [0.15, 0.2) is 6.61 Å². The van der Waals surface area contributed by atoms with E-state index in [9.17, 15) is 9.18 Å². The monoisotopic (exact) mass is 247 g/mol. The van der Waals surface area contributed by atoms with Crippen LogP contribution >= 0.6 is 15.9 Å². The average Bonchev–Trinajstić information content (AvgIpc) is 2.07. The lowest BCUT2D eigenvalue weighted by molar-refractivity contribution is -0.119. The molecule has 0 saturated heterocycles. The second-order valence-corrected chi connectivity index (χ2v) is 3.10. The van der Waals surface area contributed by atoms with Crippen LogP contribution in [0.4, 0.5) is 4.39 Å². The largest absolute Gasteiger partial charge is 0.482 e. The fraction of sp³-hybridized carbons (Fsp3) is 0.125. The van der Waals surface area contributed by atoms with E-state index in [4.69, 9.17) is 10.5 Å². The number of carbonyl (C=O) groups excluding carboxylic acids is 1. The molecular formula is C8H7BrFNO2. The van der Waals surface area contributed by atoms with Gasteiger partial charge in [-0.1, -0.05) is 6.07 Å². The van der Waals surface area contributed by atoms with E-state index < -0.39 is 11.7 Å². The highest BCUT2D eigenvalue weighted by molar-refractivity contribution is 9.10. The molecule has 5 heteroatoms. The van der Waals surface area contributed by atoms with Crippen molar-refractivity contribution in [3.63, 3.8) is 0 Å². The Balaban J connectivity index is 2.77. The van der Waals surface area contributed by atoms with Gasteiger partial charge in [-0.15, -0.1) is 0 Å². The number of carbonyl (C=O) groups is 1. The molecule has 70 valence electrons. The van der Waals surface area contributed by atoms with Gasteiger partial charge in [0.05, 0.1) is 4.47 Å². The third-order valence-corrected chi connectivity index (χ3v) is 2.06. The third kappa shape index (κ3) is 2.69. The van der Waals surface area contributed by atoms with Crippen LogP contribution in [0, 0.1) is 5.82 Å². The van der Waals surface area contributed by atoms with E-state index in [2.05, 4.69) is 15.9 Å². The highest BCUT2D eigenvalue weighted by Gasteiger charge is 2.06. The molecule has 0 unspecified atom stereocenters. The predicted molar refractivity (Wildman–Crippen MR) is 48.8 cm³/mol. The van der Waals surface area contributed by atoms with E-state index in [0.29, 0.717) is 0 Å². The number of nitrogens with two attached hydrogens (primary N) is 1. The molecule has 0 saturated carbocycles. The van der Waals surface area contributed by atoms with E-state index >= 15 is 0 Å². The second-order valence-electron chi connectivity index (χ2n) is 2.31. The molecule has 3 nitrogen and oxygen atoms in total. The van der Waals surface area contributed by atoms with Gasteiger partial charge in [0.2, 0.25) is 0 Å². The Morgan fingerprint density at radius 3 is 2.92 bits per heavy atom. The highest BCUT2D eigenvalue weighted by Crippen LogP contribution is 2.26. The number of hydrogen-bond donors (Lipinski definition) is 1. The summed E-state index contributed by atoms with van der Waals surface area (Å²) in [5.41, 5.74) is 4.86. The molecular weight excluding hydrogens is 241 g/mol. The maximum absolute atomic E-state index is 12.9. The summed E-state index contributed by atoms with van der Waals surface area (Å²) in [5.74, 6) is -0.781. The Morgan fingerprint density at radius 1 is 1.62 bits per heavy atom. The molecule has 2 N–H and O–H groups in total. The Labute approximate surface area is 82.8 Å². The van der Waals surface area contributed by atoms with E-state index in [-0.39, 0.29) is 16.8 Å². The van der Waals surface area contributed by atoms with Gasteiger partial charge in [0.1, 0.15) is 11.6 Å². The molecule has 1 amide bonds. The fourth-order valence-corrected chi connectivity index (χ4v) is 1.12. The summed E-state index contributed by atoms with van der Waals surface area (Å²) >= 11 is 2.98. The van der Waals surface area contributed by atoms with Crippen molar-refractivity contribution in [2.24, 2.45) is 5.73 Å². The first kappa shape index (κ1) is 9.98. The highest BCUT2D eigenvalue weighted by atomic mass is 79.9. The number of benzene rings is 1. The van der Waals surface area contributed by atoms with Crippen LogP contribution in [0.5, 0.6) is 5.75 Å². The van der Waals surface area contributed by atoms with Gasteiger partial charge in [-0.25, -0.2) is 4.39 Å². The minimum Gasteiger partial charge on any atom is -0.482 e. The number of rotatable bonds is 3. The topological polar surface area (TPSA) is 52.3 Å². The second kappa shape index (κ2) is 4.23. The van der Waals surface area contributed by atoms with E-state index in [0.717, 1.165) is 0 Å². The molecule has 0 radical (unpaired) electrons. The molecule has 1 aromatic carbocycles. The molecule has 0 aromatic heterocycles. The number of halogens is 2. The number of hydrogen-bond acceptors (Lipinski definition) is 2. The van der Waals surface area contributed by atoms with Gasteiger partial charge >= 0.3 is 0 Å². The number of amides is 1. The Kier molecular flexibility index (Phi) is 3.25. The van der Waals surface area contributed by atoms with Crippen LogP contribution in [-0.2, 0) is 4.79 Å². The van der Waals surface area contributed by atoms with Crippen LogP contribution in [0.2, 0.25) is 0 Å². The van der Waals surface area contributed by atoms with Crippen LogP contribution in [0.3, 0.4) is 0 Å². The molecule has 0 atom stereocenters. The summed E-state index contributed by atoms with van der Waals surface area (Å²) in [6.45, 7) is -0.262. The Morgan fingerprint density at radius 2 is 2.31 bits per heavy atom. The molecule has 1 aromatic rings. The molecule has 1 rings (SSSR count). The number of primary amides is 1. The van der Waals surface area contributed by atoms with Crippen molar-refractivity contribution in [1.29, 1.82) is 0 Å². The molecule has 0 aliphatic heterocycles. The van der Waals surface area contributed by atoms with Crippen LogP contribution in [0.1, 0.15) is 0 Å². The first-order valence-electron chi connectivity index (χ1n) is 3.46. The van der Waals surface area contributed by atoms with Crippen molar-refractivity contribution in [2.45, 2.75) is 0 Å². The molecule has 0 aliphatic carbocycles. The molecule has 13 heavy (non-hydrogen) atoms. The Hall–Kier alpha value is -1.10. The molecule has 0 heterocycles. The SMILES string of the molecule is NC(=O)COc1cccc(F)c1Br. The fourth-order valence-electron chi connectivity index (χ4n) is 0.744. The standard InChI is InChI=1S/C8H7BrFNO2/c9-8-5(10)2-1-3-6(8)13-4-7(11)12/h1-3H,4H2,(H2,11,12). The van der Waals surface area contributed by atoms with Crippen molar-refractivity contribution in [3.8, 4) is 5.75 Å². The first-order chi connectivity index (χ1) is 6.11. The van der Waals surface area contributed by atoms with E-state index in [1.807, 2.05) is 0 Å². The van der Waals surface area contributed by atoms with Crippen molar-refractivity contribution < 1.29 is 13.9 Å². The van der Waals surface area contributed by atoms with Crippen LogP contribution in [0.25, 0.3) is 0 Å². The van der Waals surface area contributed by atoms with Gasteiger partial charge in [0, 0.05) is 0 Å². The van der Waals surface area contributed by atoms with E-state index in [1.54, 1.807) is 0 Å². The van der Waals surface area contributed by atoms with Gasteiger partial charge < -0.3 is 10.5 Å². The maximum Gasteiger partial charge on any atom is 0.255 e. The van der Waals surface area contributed by atoms with Gasteiger partial charge in [-0.2, -0.15) is 0 Å². The summed E-state index contributed by atoms with van der Waals surface area (Å²) in [6, 6.07) is 4.30. The molecule has 0 aliphatic rings. The normalized spacial score (nSPS) is 9.69. The molecule has 0 spiro atoms. The minimum atomic E-state index is -0.601. The van der Waals surface area contributed by atoms with Crippen molar-refractivity contribution in [1.82, 2.24) is 0 Å². The third-order valence-electron chi connectivity index (χ3n) is 1.29. The van der Waals surface area contributed by atoms with Crippen LogP contribution < -0.4 is 10.5 Å². The zero-order valence-corrected chi connectivity index (χ0v) is 8.17. The molecule has 0 fully saturated rings. The van der Waals surface area contributed by atoms with Crippen LogP contribution in [0.15, 0.2) is 22.7 Å². The zero-order valence-electron chi connectivity index (χ0n) is 6.59. The summed E-state index contributed by atoms with van der Waals surface area (Å²) in [7, 11) is 0. The molecule has 0 bridgehead atoms. The number of ether oxygens (including phenoxy) is 1. The lowest BCUT2D eigenvalue weighted by atomic mass is 10.3. The zero-order chi connectivity index (χ0) is 9.84. The van der Waals surface area contributed by atoms with Crippen molar-refractivity contribution >= 4 is 21.8 Å². The van der Waals surface area contributed by atoms with Gasteiger partial charge in [-0.3, -0.25) is 4.79 Å².